The zero-order valence-corrected chi connectivity index (χ0v) is 12.5. The lowest BCUT2D eigenvalue weighted by Crippen LogP contribution is -2.30. The summed E-state index contributed by atoms with van der Waals surface area (Å²) < 4.78 is 11.3. The maximum atomic E-state index is 6.03. The van der Waals surface area contributed by atoms with Gasteiger partial charge in [0.1, 0.15) is 17.6 Å². The van der Waals surface area contributed by atoms with Crippen molar-refractivity contribution in [3.05, 3.63) is 53.9 Å². The molecule has 1 unspecified atom stereocenters. The quantitative estimate of drug-likeness (QED) is 0.868. The van der Waals surface area contributed by atoms with Crippen molar-refractivity contribution in [1.29, 1.82) is 0 Å². The molecule has 2 aromatic rings. The second-order valence-corrected chi connectivity index (χ2v) is 5.43. The van der Waals surface area contributed by atoms with Gasteiger partial charge in [0, 0.05) is 43.7 Å². The molecule has 1 aromatic carbocycles. The fourth-order valence-electron chi connectivity index (χ4n) is 2.69. The first-order chi connectivity index (χ1) is 10.2. The van der Waals surface area contributed by atoms with Gasteiger partial charge >= 0.3 is 0 Å². The number of benzene rings is 1. The first-order valence-corrected chi connectivity index (χ1v) is 7.19. The number of aromatic nitrogens is 1. The Morgan fingerprint density at radius 2 is 2.10 bits per heavy atom. The van der Waals surface area contributed by atoms with Crippen molar-refractivity contribution in [1.82, 2.24) is 9.88 Å². The van der Waals surface area contributed by atoms with Crippen molar-refractivity contribution in [2.75, 3.05) is 13.7 Å². The standard InChI is InChI=1S/C17H20N2O2/c1-13-10-19(11-14-5-7-18-8-6-14)12-15-3-4-16(20-2)9-17(15)21-13/h3-9,13H,10-12H2,1-2H3. The van der Waals surface area contributed by atoms with Crippen LogP contribution < -0.4 is 9.47 Å². The summed E-state index contributed by atoms with van der Waals surface area (Å²) in [6, 6.07) is 10.2. The van der Waals surface area contributed by atoms with Crippen molar-refractivity contribution in [3.8, 4) is 11.5 Å². The summed E-state index contributed by atoms with van der Waals surface area (Å²) in [7, 11) is 1.68. The van der Waals surface area contributed by atoms with E-state index in [1.54, 1.807) is 7.11 Å². The average Bonchev–Trinajstić information content (AvgIpc) is 2.64. The molecule has 0 spiro atoms. The van der Waals surface area contributed by atoms with E-state index >= 15 is 0 Å². The predicted octanol–water partition coefficient (Wildman–Crippen LogP) is 2.87. The molecule has 2 heterocycles. The second-order valence-electron chi connectivity index (χ2n) is 5.43. The third-order valence-corrected chi connectivity index (χ3v) is 3.67. The van der Waals surface area contributed by atoms with Gasteiger partial charge in [0.05, 0.1) is 7.11 Å². The SMILES string of the molecule is COc1ccc2c(c1)OC(C)CN(Cc1ccncc1)C2. The molecular formula is C17H20N2O2. The van der Waals surface area contributed by atoms with Crippen LogP contribution in [-0.2, 0) is 13.1 Å². The summed E-state index contributed by atoms with van der Waals surface area (Å²) in [5.74, 6) is 1.77. The van der Waals surface area contributed by atoms with Gasteiger partial charge in [-0.15, -0.1) is 0 Å². The van der Waals surface area contributed by atoms with Gasteiger partial charge in [-0.3, -0.25) is 9.88 Å². The maximum absolute atomic E-state index is 6.03. The smallest absolute Gasteiger partial charge is 0.127 e. The molecule has 1 aliphatic heterocycles. The Labute approximate surface area is 125 Å². The van der Waals surface area contributed by atoms with Gasteiger partial charge in [0.25, 0.3) is 0 Å². The van der Waals surface area contributed by atoms with Crippen LogP contribution in [0.4, 0.5) is 0 Å². The molecule has 1 aromatic heterocycles. The van der Waals surface area contributed by atoms with E-state index in [-0.39, 0.29) is 6.10 Å². The molecule has 0 fully saturated rings. The van der Waals surface area contributed by atoms with E-state index in [1.165, 1.54) is 11.1 Å². The van der Waals surface area contributed by atoms with E-state index in [9.17, 15) is 0 Å². The van der Waals surface area contributed by atoms with E-state index in [0.717, 1.165) is 31.1 Å². The van der Waals surface area contributed by atoms with Crippen LogP contribution in [0.1, 0.15) is 18.1 Å². The van der Waals surface area contributed by atoms with Gasteiger partial charge in [-0.25, -0.2) is 0 Å². The van der Waals surface area contributed by atoms with Crippen molar-refractivity contribution in [2.45, 2.75) is 26.1 Å². The number of hydrogen-bond donors (Lipinski definition) is 0. The fourth-order valence-corrected chi connectivity index (χ4v) is 2.69. The Morgan fingerprint density at radius 3 is 2.86 bits per heavy atom. The predicted molar refractivity (Wildman–Crippen MR) is 81.4 cm³/mol. The van der Waals surface area contributed by atoms with Gasteiger partial charge in [-0.2, -0.15) is 0 Å². The zero-order valence-electron chi connectivity index (χ0n) is 12.5. The molecule has 4 heteroatoms. The Morgan fingerprint density at radius 1 is 1.29 bits per heavy atom. The minimum Gasteiger partial charge on any atom is -0.497 e. The molecule has 1 atom stereocenters. The highest BCUT2D eigenvalue weighted by Crippen LogP contribution is 2.29. The molecule has 110 valence electrons. The number of pyridine rings is 1. The lowest BCUT2D eigenvalue weighted by molar-refractivity contribution is 0.156. The highest BCUT2D eigenvalue weighted by molar-refractivity contribution is 5.41. The van der Waals surface area contributed by atoms with Crippen LogP contribution in [0.5, 0.6) is 11.5 Å². The number of nitrogens with zero attached hydrogens (tertiary/aromatic N) is 2. The lowest BCUT2D eigenvalue weighted by Gasteiger charge is -2.21. The van der Waals surface area contributed by atoms with Gasteiger partial charge in [0.15, 0.2) is 0 Å². The molecule has 0 radical (unpaired) electrons. The zero-order chi connectivity index (χ0) is 14.7. The van der Waals surface area contributed by atoms with Crippen molar-refractivity contribution in [3.63, 3.8) is 0 Å². The summed E-state index contributed by atoms with van der Waals surface area (Å²) in [6.45, 7) is 4.79. The van der Waals surface area contributed by atoms with Crippen molar-refractivity contribution >= 4 is 0 Å². The summed E-state index contributed by atoms with van der Waals surface area (Å²) in [5, 5.41) is 0. The largest absolute Gasteiger partial charge is 0.497 e. The molecule has 0 N–H and O–H groups in total. The van der Waals surface area contributed by atoms with Gasteiger partial charge in [-0.05, 0) is 30.7 Å². The van der Waals surface area contributed by atoms with Crippen LogP contribution >= 0.6 is 0 Å². The third kappa shape index (κ3) is 3.34. The number of hydrogen-bond acceptors (Lipinski definition) is 4. The lowest BCUT2D eigenvalue weighted by atomic mass is 10.1. The Kier molecular flexibility index (Phi) is 4.06. The Balaban J connectivity index is 1.81. The number of ether oxygens (including phenoxy) is 2. The highest BCUT2D eigenvalue weighted by atomic mass is 16.5. The topological polar surface area (TPSA) is 34.6 Å². The first kappa shape index (κ1) is 13.9. The van der Waals surface area contributed by atoms with Gasteiger partial charge in [-0.1, -0.05) is 6.07 Å². The normalized spacial score (nSPS) is 18.5. The van der Waals surface area contributed by atoms with Crippen LogP contribution in [0.2, 0.25) is 0 Å². The second kappa shape index (κ2) is 6.14. The van der Waals surface area contributed by atoms with Crippen LogP contribution in [0.3, 0.4) is 0 Å². The third-order valence-electron chi connectivity index (χ3n) is 3.67. The summed E-state index contributed by atoms with van der Waals surface area (Å²) in [4.78, 5) is 6.47. The summed E-state index contributed by atoms with van der Waals surface area (Å²) >= 11 is 0. The molecule has 0 saturated carbocycles. The molecule has 0 saturated heterocycles. The Hall–Kier alpha value is -2.07. The van der Waals surface area contributed by atoms with E-state index < -0.39 is 0 Å². The molecule has 1 aliphatic rings. The van der Waals surface area contributed by atoms with Crippen LogP contribution in [0.15, 0.2) is 42.7 Å². The van der Waals surface area contributed by atoms with Crippen molar-refractivity contribution < 1.29 is 9.47 Å². The van der Waals surface area contributed by atoms with Gasteiger partial charge < -0.3 is 9.47 Å². The van der Waals surface area contributed by atoms with Crippen LogP contribution in [-0.4, -0.2) is 29.6 Å². The minimum absolute atomic E-state index is 0.153. The molecular weight excluding hydrogens is 264 g/mol. The molecule has 0 aliphatic carbocycles. The minimum atomic E-state index is 0.153. The first-order valence-electron chi connectivity index (χ1n) is 7.19. The monoisotopic (exact) mass is 284 g/mol. The number of methoxy groups -OCH3 is 1. The molecule has 21 heavy (non-hydrogen) atoms. The van der Waals surface area contributed by atoms with E-state index in [2.05, 4.69) is 35.0 Å². The van der Waals surface area contributed by atoms with E-state index in [0.29, 0.717) is 0 Å². The van der Waals surface area contributed by atoms with E-state index in [4.69, 9.17) is 9.47 Å². The summed E-state index contributed by atoms with van der Waals surface area (Å²) in [5.41, 5.74) is 2.48. The molecule has 0 bridgehead atoms. The highest BCUT2D eigenvalue weighted by Gasteiger charge is 2.20. The average molecular weight is 284 g/mol. The number of rotatable bonds is 3. The van der Waals surface area contributed by atoms with Gasteiger partial charge in [0.2, 0.25) is 0 Å². The van der Waals surface area contributed by atoms with Crippen molar-refractivity contribution in [2.24, 2.45) is 0 Å². The van der Waals surface area contributed by atoms with Crippen LogP contribution in [0, 0.1) is 0 Å². The van der Waals surface area contributed by atoms with E-state index in [1.807, 2.05) is 24.5 Å². The maximum Gasteiger partial charge on any atom is 0.127 e. The summed E-state index contributed by atoms with van der Waals surface area (Å²) in [6.07, 6.45) is 3.83. The molecule has 0 amide bonds. The molecule has 3 rings (SSSR count). The molecule has 4 nitrogen and oxygen atoms in total. The number of fused-ring (bicyclic) bond motifs is 1. The Bertz CT molecular complexity index is 601. The van der Waals surface area contributed by atoms with Crippen LogP contribution in [0.25, 0.3) is 0 Å². The fraction of sp³-hybridized carbons (Fsp3) is 0.353.